The van der Waals surface area contributed by atoms with Gasteiger partial charge in [-0.15, -0.1) is 0 Å². The van der Waals surface area contributed by atoms with Crippen molar-refractivity contribution in [2.45, 2.75) is 18.9 Å². The fourth-order valence-corrected chi connectivity index (χ4v) is 2.06. The molecule has 1 aliphatic heterocycles. The van der Waals surface area contributed by atoms with Crippen LogP contribution in [0.2, 0.25) is 0 Å². The Morgan fingerprint density at radius 2 is 2.05 bits per heavy atom. The third-order valence-electron chi connectivity index (χ3n) is 3.22. The summed E-state index contributed by atoms with van der Waals surface area (Å²) >= 11 is 0. The van der Waals surface area contributed by atoms with E-state index in [0.29, 0.717) is 0 Å². The molecule has 0 bridgehead atoms. The Kier molecular flexibility index (Phi) is 5.32. The van der Waals surface area contributed by atoms with Gasteiger partial charge in [-0.2, -0.15) is 0 Å². The van der Waals surface area contributed by atoms with Gasteiger partial charge in [0.15, 0.2) is 11.6 Å². The highest BCUT2D eigenvalue weighted by Crippen LogP contribution is 2.15. The smallest absolute Gasteiger partial charge is 0.317 e. The maximum Gasteiger partial charge on any atom is 0.317 e. The van der Waals surface area contributed by atoms with Crippen LogP contribution in [0, 0.1) is 11.6 Å². The molecule has 2 amide bonds. The van der Waals surface area contributed by atoms with E-state index in [9.17, 15) is 18.7 Å². The largest absolute Gasteiger partial charge is 0.491 e. The zero-order valence-electron chi connectivity index (χ0n) is 11.5. The van der Waals surface area contributed by atoms with E-state index >= 15 is 0 Å². The second kappa shape index (κ2) is 7.21. The van der Waals surface area contributed by atoms with Crippen LogP contribution in [0.15, 0.2) is 18.2 Å². The number of carbonyl (C=O) groups is 1. The molecule has 1 atom stereocenters. The Hall–Kier alpha value is -1.89. The molecule has 7 heteroatoms. The van der Waals surface area contributed by atoms with Gasteiger partial charge in [0.1, 0.15) is 18.5 Å². The molecule has 1 aromatic carbocycles. The van der Waals surface area contributed by atoms with E-state index in [2.05, 4.69) is 5.32 Å². The number of ether oxygens (including phenoxy) is 1. The molecular formula is C14H18F2N2O3. The first-order valence-corrected chi connectivity index (χ1v) is 6.85. The van der Waals surface area contributed by atoms with E-state index in [-0.39, 0.29) is 24.9 Å². The summed E-state index contributed by atoms with van der Waals surface area (Å²) in [4.78, 5) is 13.4. The summed E-state index contributed by atoms with van der Waals surface area (Å²) < 4.78 is 30.8. The lowest BCUT2D eigenvalue weighted by atomic mass is 10.3. The maximum atomic E-state index is 13.0. The molecule has 0 spiro atoms. The number of benzene rings is 1. The van der Waals surface area contributed by atoms with Crippen molar-refractivity contribution in [3.05, 3.63) is 29.8 Å². The normalized spacial score (nSPS) is 15.9. The number of urea groups is 1. The summed E-state index contributed by atoms with van der Waals surface area (Å²) in [6.45, 7) is 1.38. The third kappa shape index (κ3) is 4.56. The van der Waals surface area contributed by atoms with Gasteiger partial charge in [-0.1, -0.05) is 0 Å². The van der Waals surface area contributed by atoms with Crippen molar-refractivity contribution in [2.24, 2.45) is 0 Å². The zero-order chi connectivity index (χ0) is 15.2. The molecule has 5 nitrogen and oxygen atoms in total. The number of hydrogen-bond donors (Lipinski definition) is 2. The molecule has 1 aromatic rings. The monoisotopic (exact) mass is 300 g/mol. The standard InChI is InChI=1S/C14H18F2N2O3/c15-12-4-3-11(7-13(12)16)21-9-10(19)8-17-14(20)18-5-1-2-6-18/h3-4,7,10,19H,1-2,5-6,8-9H2,(H,17,20). The van der Waals surface area contributed by atoms with Crippen molar-refractivity contribution >= 4 is 6.03 Å². The number of carbonyl (C=O) groups excluding carboxylic acids is 1. The Labute approximate surface area is 121 Å². The first kappa shape index (κ1) is 15.5. The van der Waals surface area contributed by atoms with Gasteiger partial charge in [0, 0.05) is 25.7 Å². The van der Waals surface area contributed by atoms with Crippen LogP contribution in [0.4, 0.5) is 13.6 Å². The van der Waals surface area contributed by atoms with Crippen LogP contribution >= 0.6 is 0 Å². The van der Waals surface area contributed by atoms with Gasteiger partial charge in [0.05, 0.1) is 0 Å². The van der Waals surface area contributed by atoms with Crippen LogP contribution in [0.1, 0.15) is 12.8 Å². The zero-order valence-corrected chi connectivity index (χ0v) is 11.5. The minimum atomic E-state index is -1.01. The number of rotatable bonds is 5. The topological polar surface area (TPSA) is 61.8 Å². The summed E-state index contributed by atoms with van der Waals surface area (Å²) in [5.74, 6) is -1.84. The lowest BCUT2D eigenvalue weighted by Crippen LogP contribution is -2.42. The summed E-state index contributed by atoms with van der Waals surface area (Å²) in [6, 6.07) is 2.92. The highest BCUT2D eigenvalue weighted by Gasteiger charge is 2.18. The van der Waals surface area contributed by atoms with Crippen molar-refractivity contribution in [3.8, 4) is 5.75 Å². The number of aliphatic hydroxyl groups excluding tert-OH is 1. The average molecular weight is 300 g/mol. The van der Waals surface area contributed by atoms with Crippen LogP contribution in [0.5, 0.6) is 5.75 Å². The molecule has 0 aliphatic carbocycles. The molecule has 1 saturated heterocycles. The summed E-state index contributed by atoms with van der Waals surface area (Å²) in [6.07, 6.45) is 1.06. The first-order chi connectivity index (χ1) is 10.1. The second-order valence-corrected chi connectivity index (χ2v) is 4.92. The summed E-state index contributed by atoms with van der Waals surface area (Å²) in [7, 11) is 0. The fraction of sp³-hybridized carbons (Fsp3) is 0.500. The molecule has 1 fully saturated rings. The minimum Gasteiger partial charge on any atom is -0.491 e. The number of nitrogens with zero attached hydrogens (tertiary/aromatic N) is 1. The van der Waals surface area contributed by atoms with E-state index in [1.54, 1.807) is 4.90 Å². The number of aliphatic hydroxyl groups is 1. The van der Waals surface area contributed by atoms with E-state index in [0.717, 1.165) is 38.1 Å². The van der Waals surface area contributed by atoms with Crippen LogP contribution in [-0.4, -0.2) is 48.4 Å². The van der Waals surface area contributed by atoms with Gasteiger partial charge in [-0.25, -0.2) is 13.6 Å². The second-order valence-electron chi connectivity index (χ2n) is 4.92. The lowest BCUT2D eigenvalue weighted by molar-refractivity contribution is 0.105. The van der Waals surface area contributed by atoms with E-state index in [4.69, 9.17) is 4.74 Å². The molecule has 2 N–H and O–H groups in total. The van der Waals surface area contributed by atoms with Crippen LogP contribution in [-0.2, 0) is 0 Å². The van der Waals surface area contributed by atoms with Crippen molar-refractivity contribution < 1.29 is 23.4 Å². The van der Waals surface area contributed by atoms with Gasteiger partial charge in [-0.3, -0.25) is 0 Å². The fourth-order valence-electron chi connectivity index (χ4n) is 2.06. The molecule has 0 radical (unpaired) electrons. The predicted molar refractivity (Wildman–Crippen MR) is 72.1 cm³/mol. The Bertz CT molecular complexity index is 493. The molecule has 2 rings (SSSR count). The highest BCUT2D eigenvalue weighted by molar-refractivity contribution is 5.74. The average Bonchev–Trinajstić information content (AvgIpc) is 3.00. The molecule has 21 heavy (non-hydrogen) atoms. The van der Waals surface area contributed by atoms with E-state index in [1.807, 2.05) is 0 Å². The quantitative estimate of drug-likeness (QED) is 0.866. The van der Waals surface area contributed by atoms with Gasteiger partial charge in [-0.05, 0) is 25.0 Å². The maximum absolute atomic E-state index is 13.0. The van der Waals surface area contributed by atoms with Crippen molar-refractivity contribution in [1.29, 1.82) is 0 Å². The minimum absolute atomic E-state index is 0.0407. The number of hydrogen-bond acceptors (Lipinski definition) is 3. The number of likely N-dealkylation sites (tertiary alicyclic amines) is 1. The first-order valence-electron chi connectivity index (χ1n) is 6.85. The SMILES string of the molecule is O=C(NCC(O)COc1ccc(F)c(F)c1)N1CCCC1. The van der Waals surface area contributed by atoms with E-state index in [1.165, 1.54) is 6.07 Å². The number of halogens is 2. The molecule has 1 heterocycles. The van der Waals surface area contributed by atoms with Crippen LogP contribution in [0.25, 0.3) is 0 Å². The molecule has 0 saturated carbocycles. The summed E-state index contributed by atoms with van der Waals surface area (Å²) in [5.41, 5.74) is 0. The van der Waals surface area contributed by atoms with Crippen molar-refractivity contribution in [1.82, 2.24) is 10.2 Å². The number of nitrogens with one attached hydrogen (secondary N) is 1. The van der Waals surface area contributed by atoms with Gasteiger partial charge in [0.25, 0.3) is 0 Å². The molecule has 116 valence electrons. The molecule has 1 aliphatic rings. The van der Waals surface area contributed by atoms with E-state index < -0.39 is 17.7 Å². The van der Waals surface area contributed by atoms with Crippen molar-refractivity contribution in [3.63, 3.8) is 0 Å². The Morgan fingerprint density at radius 3 is 2.71 bits per heavy atom. The van der Waals surface area contributed by atoms with Crippen LogP contribution in [0.3, 0.4) is 0 Å². The Morgan fingerprint density at radius 1 is 1.33 bits per heavy atom. The molecule has 1 unspecified atom stereocenters. The molecule has 0 aromatic heterocycles. The van der Waals surface area contributed by atoms with Gasteiger partial charge in [0.2, 0.25) is 0 Å². The van der Waals surface area contributed by atoms with Gasteiger partial charge >= 0.3 is 6.03 Å². The van der Waals surface area contributed by atoms with Crippen molar-refractivity contribution in [2.75, 3.05) is 26.2 Å². The predicted octanol–water partition coefficient (Wildman–Crippen LogP) is 1.51. The molecular weight excluding hydrogens is 282 g/mol. The number of amides is 2. The lowest BCUT2D eigenvalue weighted by Gasteiger charge is -2.18. The highest BCUT2D eigenvalue weighted by atomic mass is 19.2. The van der Waals surface area contributed by atoms with Crippen LogP contribution < -0.4 is 10.1 Å². The third-order valence-corrected chi connectivity index (χ3v) is 3.22. The summed E-state index contributed by atoms with van der Waals surface area (Å²) in [5, 5.41) is 12.3. The Balaban J connectivity index is 1.70. The van der Waals surface area contributed by atoms with Gasteiger partial charge < -0.3 is 20.1 Å².